The number of nitrogens with one attached hydrogen (secondary N) is 1. The second-order valence-corrected chi connectivity index (χ2v) is 6.38. The molecule has 1 heterocycles. The zero-order valence-electron chi connectivity index (χ0n) is 15.1. The first-order valence-electron chi connectivity index (χ1n) is 8.42. The zero-order chi connectivity index (χ0) is 20.4. The normalized spacial score (nSPS) is 10.7. The average molecular weight is 403 g/mol. The van der Waals surface area contributed by atoms with E-state index in [2.05, 4.69) is 5.32 Å². The highest BCUT2D eigenvalue weighted by atomic mass is 35.5. The molecule has 8 heteroatoms. The van der Waals surface area contributed by atoms with Crippen LogP contribution in [-0.2, 0) is 9.53 Å². The number of carbonyl (C=O) groups excluding carboxylic acids is 3. The summed E-state index contributed by atoms with van der Waals surface area (Å²) in [5, 5.41) is 3.35. The van der Waals surface area contributed by atoms with E-state index in [0.717, 1.165) is 10.6 Å². The summed E-state index contributed by atoms with van der Waals surface area (Å²) in [4.78, 5) is 37.6. The van der Waals surface area contributed by atoms with Gasteiger partial charge in [0.2, 0.25) is 11.7 Å². The summed E-state index contributed by atoms with van der Waals surface area (Å²) in [7, 11) is 0. The number of benzene rings is 2. The number of carbonyl (C=O) groups is 3. The molecular formula is C20H16ClFN2O4. The molecule has 1 amide bonds. The Bertz CT molecular complexity index is 1110. The van der Waals surface area contributed by atoms with Gasteiger partial charge in [-0.1, -0.05) is 23.7 Å². The maximum Gasteiger partial charge on any atom is 0.419 e. The van der Waals surface area contributed by atoms with Gasteiger partial charge in [-0.2, -0.15) is 0 Å². The number of ether oxygens (including phenoxy) is 1. The van der Waals surface area contributed by atoms with Gasteiger partial charge in [-0.15, -0.1) is 0 Å². The molecule has 0 saturated carbocycles. The van der Waals surface area contributed by atoms with Gasteiger partial charge in [-0.3, -0.25) is 9.59 Å². The molecule has 28 heavy (non-hydrogen) atoms. The topological polar surface area (TPSA) is 77.4 Å². The van der Waals surface area contributed by atoms with E-state index in [1.807, 2.05) is 0 Å². The molecular weight excluding hydrogens is 387 g/mol. The van der Waals surface area contributed by atoms with E-state index in [9.17, 15) is 18.8 Å². The van der Waals surface area contributed by atoms with Gasteiger partial charge >= 0.3 is 6.09 Å². The molecule has 0 spiro atoms. The van der Waals surface area contributed by atoms with Crippen LogP contribution in [0.3, 0.4) is 0 Å². The van der Waals surface area contributed by atoms with Gasteiger partial charge < -0.3 is 10.1 Å². The fraction of sp³-hybridized carbons (Fsp3) is 0.150. The van der Waals surface area contributed by atoms with Crippen molar-refractivity contribution < 1.29 is 23.5 Å². The predicted octanol–water partition coefficient (Wildman–Crippen LogP) is 4.63. The Labute approximate surface area is 164 Å². The van der Waals surface area contributed by atoms with Crippen LogP contribution < -0.4 is 5.32 Å². The monoisotopic (exact) mass is 402 g/mol. The summed E-state index contributed by atoms with van der Waals surface area (Å²) in [6.07, 6.45) is -0.814. The van der Waals surface area contributed by atoms with Crippen molar-refractivity contribution in [3.05, 3.63) is 64.6 Å². The molecule has 0 radical (unpaired) electrons. The fourth-order valence-electron chi connectivity index (χ4n) is 2.92. The third-order valence-electron chi connectivity index (χ3n) is 3.98. The van der Waals surface area contributed by atoms with Gasteiger partial charge in [-0.25, -0.2) is 13.8 Å². The van der Waals surface area contributed by atoms with Crippen LogP contribution in [0.1, 0.15) is 29.9 Å². The van der Waals surface area contributed by atoms with E-state index < -0.39 is 23.6 Å². The number of rotatable bonds is 4. The minimum atomic E-state index is -0.814. The second-order valence-electron chi connectivity index (χ2n) is 5.94. The Morgan fingerprint density at radius 1 is 1.18 bits per heavy atom. The second kappa shape index (κ2) is 7.82. The summed E-state index contributed by atoms with van der Waals surface area (Å²) in [5.74, 6) is -1.69. The highest BCUT2D eigenvalue weighted by Gasteiger charge is 2.28. The fourth-order valence-corrected chi connectivity index (χ4v) is 3.09. The van der Waals surface area contributed by atoms with Crippen molar-refractivity contribution in [2.75, 3.05) is 11.9 Å². The van der Waals surface area contributed by atoms with Crippen LogP contribution in [0.4, 0.5) is 14.9 Å². The Balaban J connectivity index is 2.37. The minimum absolute atomic E-state index is 0.0195. The number of fused-ring (bicyclic) bond motifs is 1. The van der Waals surface area contributed by atoms with Crippen molar-refractivity contribution in [2.24, 2.45) is 0 Å². The van der Waals surface area contributed by atoms with Crippen LogP contribution in [-0.4, -0.2) is 29.0 Å². The van der Waals surface area contributed by atoms with Crippen molar-refractivity contribution in [3.8, 4) is 0 Å². The van der Waals surface area contributed by atoms with Crippen LogP contribution in [0, 0.1) is 5.82 Å². The van der Waals surface area contributed by atoms with Crippen molar-refractivity contribution in [2.45, 2.75) is 13.8 Å². The molecule has 0 aliphatic carbocycles. The largest absolute Gasteiger partial charge is 0.449 e. The number of halogens is 2. The van der Waals surface area contributed by atoms with Crippen LogP contribution in [0.5, 0.6) is 0 Å². The number of amides is 1. The van der Waals surface area contributed by atoms with Crippen LogP contribution in [0.25, 0.3) is 10.9 Å². The molecule has 0 unspecified atom stereocenters. The minimum Gasteiger partial charge on any atom is -0.449 e. The summed E-state index contributed by atoms with van der Waals surface area (Å²) >= 11 is 6.07. The Kier molecular flexibility index (Phi) is 5.46. The van der Waals surface area contributed by atoms with Crippen molar-refractivity contribution >= 4 is 46.0 Å². The lowest BCUT2D eigenvalue weighted by atomic mass is 10.1. The number of aromatic nitrogens is 1. The standard InChI is InChI=1S/C20H16ClFN2O4/c1-3-28-20(27)24-16-10-13(21)7-8-15(16)17(23-11(2)25)18(24)19(26)12-5-4-6-14(22)9-12/h4-10H,3H2,1-2H3,(H,23,25). The van der Waals surface area contributed by atoms with Gasteiger partial charge in [-0.05, 0) is 37.3 Å². The molecule has 1 aromatic heterocycles. The molecule has 0 atom stereocenters. The smallest absolute Gasteiger partial charge is 0.419 e. The average Bonchev–Trinajstić information content (AvgIpc) is 2.94. The van der Waals surface area contributed by atoms with Crippen molar-refractivity contribution in [1.29, 1.82) is 0 Å². The number of hydrogen-bond acceptors (Lipinski definition) is 4. The highest BCUT2D eigenvalue weighted by Crippen LogP contribution is 2.34. The Morgan fingerprint density at radius 3 is 2.57 bits per heavy atom. The first-order valence-corrected chi connectivity index (χ1v) is 8.80. The molecule has 6 nitrogen and oxygen atoms in total. The SMILES string of the molecule is CCOC(=O)n1c(C(=O)c2cccc(F)c2)c(NC(C)=O)c2ccc(Cl)cc21. The first-order chi connectivity index (χ1) is 13.3. The molecule has 0 fully saturated rings. The van der Waals surface area contributed by atoms with Gasteiger partial charge in [0.05, 0.1) is 17.8 Å². The van der Waals surface area contributed by atoms with Gasteiger partial charge in [0.15, 0.2) is 0 Å². The molecule has 0 saturated heterocycles. The molecule has 0 aliphatic rings. The highest BCUT2D eigenvalue weighted by molar-refractivity contribution is 6.32. The molecule has 0 aliphatic heterocycles. The van der Waals surface area contributed by atoms with Crippen LogP contribution >= 0.6 is 11.6 Å². The van der Waals surface area contributed by atoms with E-state index in [4.69, 9.17) is 16.3 Å². The van der Waals surface area contributed by atoms with Gasteiger partial charge in [0.1, 0.15) is 11.5 Å². The Hall–Kier alpha value is -3.19. The lowest BCUT2D eigenvalue weighted by Gasteiger charge is -2.10. The molecule has 3 rings (SSSR count). The predicted molar refractivity (Wildman–Crippen MR) is 104 cm³/mol. The van der Waals surface area contributed by atoms with Crippen LogP contribution in [0.15, 0.2) is 42.5 Å². The van der Waals surface area contributed by atoms with Gasteiger partial charge in [0.25, 0.3) is 0 Å². The molecule has 0 bridgehead atoms. The Morgan fingerprint density at radius 2 is 1.93 bits per heavy atom. The molecule has 1 N–H and O–H groups in total. The van der Waals surface area contributed by atoms with E-state index in [1.165, 1.54) is 31.2 Å². The first kappa shape index (κ1) is 19.6. The molecule has 144 valence electrons. The number of nitrogens with zero attached hydrogens (tertiary/aromatic N) is 1. The third-order valence-corrected chi connectivity index (χ3v) is 4.22. The summed E-state index contributed by atoms with van der Waals surface area (Å²) < 4.78 is 19.8. The van der Waals surface area contributed by atoms with Crippen LogP contribution in [0.2, 0.25) is 5.02 Å². The molecule has 3 aromatic rings. The van der Waals surface area contributed by atoms with E-state index in [0.29, 0.717) is 10.4 Å². The summed E-state index contributed by atoms with van der Waals surface area (Å²) in [5.41, 5.74) is 0.290. The van der Waals surface area contributed by atoms with Gasteiger partial charge in [0, 0.05) is 22.9 Å². The zero-order valence-corrected chi connectivity index (χ0v) is 15.8. The third kappa shape index (κ3) is 3.61. The maximum absolute atomic E-state index is 13.7. The summed E-state index contributed by atoms with van der Waals surface area (Å²) in [6.45, 7) is 2.97. The quantitative estimate of drug-likeness (QED) is 0.645. The maximum atomic E-state index is 13.7. The van der Waals surface area contributed by atoms with E-state index in [1.54, 1.807) is 19.1 Å². The summed E-state index contributed by atoms with van der Waals surface area (Å²) in [6, 6.07) is 9.70. The van der Waals surface area contributed by atoms with E-state index >= 15 is 0 Å². The lowest BCUT2D eigenvalue weighted by Crippen LogP contribution is -2.21. The number of anilines is 1. The lowest BCUT2D eigenvalue weighted by molar-refractivity contribution is -0.114. The number of hydrogen-bond donors (Lipinski definition) is 1. The van der Waals surface area contributed by atoms with Crippen molar-refractivity contribution in [3.63, 3.8) is 0 Å². The molecule has 2 aromatic carbocycles. The number of ketones is 1. The van der Waals surface area contributed by atoms with Crippen molar-refractivity contribution in [1.82, 2.24) is 4.57 Å². The van der Waals surface area contributed by atoms with E-state index in [-0.39, 0.29) is 29.1 Å².